The Balaban J connectivity index is 2.53. The topological polar surface area (TPSA) is 108 Å². The van der Waals surface area contributed by atoms with Gasteiger partial charge in [-0.1, -0.05) is 0 Å². The van der Waals surface area contributed by atoms with Crippen molar-refractivity contribution >= 4 is 12.2 Å². The lowest BCUT2D eigenvalue weighted by atomic mass is 9.88. The lowest BCUT2D eigenvalue weighted by molar-refractivity contribution is 0.0278. The third kappa shape index (κ3) is 5.34. The summed E-state index contributed by atoms with van der Waals surface area (Å²) in [5.41, 5.74) is -0.609. The summed E-state index contributed by atoms with van der Waals surface area (Å²) in [6, 6.07) is -1.06. The van der Waals surface area contributed by atoms with Gasteiger partial charge in [-0.3, -0.25) is 0 Å². The molecule has 0 aromatic rings. The van der Waals surface area contributed by atoms with Gasteiger partial charge in [0.2, 0.25) is 0 Å². The Kier molecular flexibility index (Phi) is 4.99. The molecule has 1 rings (SSSR count). The van der Waals surface area contributed by atoms with Crippen LogP contribution in [0.5, 0.6) is 0 Å². The molecule has 1 fully saturated rings. The summed E-state index contributed by atoms with van der Waals surface area (Å²) in [5, 5.41) is 23.5. The molecule has 4 N–H and O–H groups in total. The van der Waals surface area contributed by atoms with Crippen LogP contribution in [0.4, 0.5) is 9.59 Å². The van der Waals surface area contributed by atoms with Gasteiger partial charge in [0.25, 0.3) is 0 Å². The lowest BCUT2D eigenvalue weighted by Gasteiger charge is -2.35. The molecular formula is C12H22N2O5. The first-order chi connectivity index (χ1) is 8.69. The highest BCUT2D eigenvalue weighted by molar-refractivity contribution is 5.68. The summed E-state index contributed by atoms with van der Waals surface area (Å²) in [5.74, 6) is 0. The molecule has 0 aliphatic heterocycles. The van der Waals surface area contributed by atoms with Gasteiger partial charge in [0.05, 0.1) is 18.2 Å². The highest BCUT2D eigenvalue weighted by Gasteiger charge is 2.34. The standard InChI is InChI=1S/C12H22N2O5/c1-12(2,3)19-11(18)14-8-6-4-5-7(9(8)15)13-10(16)17/h7-9,13,15H,4-6H2,1-3H3,(H,14,18)(H,16,17). The van der Waals surface area contributed by atoms with Crippen molar-refractivity contribution in [1.29, 1.82) is 0 Å². The van der Waals surface area contributed by atoms with Crippen molar-refractivity contribution in [3.8, 4) is 0 Å². The molecule has 1 aliphatic rings. The van der Waals surface area contributed by atoms with Crippen LogP contribution in [0.25, 0.3) is 0 Å². The van der Waals surface area contributed by atoms with E-state index in [0.29, 0.717) is 12.8 Å². The highest BCUT2D eigenvalue weighted by Crippen LogP contribution is 2.20. The van der Waals surface area contributed by atoms with Crippen LogP contribution in [-0.2, 0) is 4.74 Å². The zero-order valence-corrected chi connectivity index (χ0v) is 11.5. The first-order valence-electron chi connectivity index (χ1n) is 6.36. The third-order valence-corrected chi connectivity index (χ3v) is 2.87. The van der Waals surface area contributed by atoms with E-state index >= 15 is 0 Å². The molecule has 1 saturated carbocycles. The third-order valence-electron chi connectivity index (χ3n) is 2.87. The highest BCUT2D eigenvalue weighted by atomic mass is 16.6. The van der Waals surface area contributed by atoms with Crippen LogP contribution >= 0.6 is 0 Å². The van der Waals surface area contributed by atoms with Crippen molar-refractivity contribution < 1.29 is 24.5 Å². The van der Waals surface area contributed by atoms with Crippen LogP contribution in [0.2, 0.25) is 0 Å². The summed E-state index contributed by atoms with van der Waals surface area (Å²) in [4.78, 5) is 22.2. The number of ether oxygens (including phenoxy) is 1. The second-order valence-electron chi connectivity index (χ2n) is 5.73. The first-order valence-corrected chi connectivity index (χ1v) is 6.36. The number of hydrogen-bond acceptors (Lipinski definition) is 4. The summed E-state index contributed by atoms with van der Waals surface area (Å²) in [6.45, 7) is 5.25. The molecule has 0 saturated heterocycles. The van der Waals surface area contributed by atoms with Crippen molar-refractivity contribution in [2.75, 3.05) is 0 Å². The molecule has 0 heterocycles. The SMILES string of the molecule is CC(C)(C)OC(=O)NC1CCCC(NC(=O)O)C1O. The Labute approximate surface area is 112 Å². The van der Waals surface area contributed by atoms with Crippen molar-refractivity contribution in [1.82, 2.24) is 10.6 Å². The molecule has 3 unspecified atom stereocenters. The smallest absolute Gasteiger partial charge is 0.407 e. The lowest BCUT2D eigenvalue weighted by Crippen LogP contribution is -2.56. The van der Waals surface area contributed by atoms with E-state index in [0.717, 1.165) is 6.42 Å². The molecular weight excluding hydrogens is 252 g/mol. The first kappa shape index (κ1) is 15.6. The number of alkyl carbamates (subject to hydrolysis) is 1. The number of hydrogen-bond donors (Lipinski definition) is 4. The number of carbonyl (C=O) groups is 2. The summed E-state index contributed by atoms with van der Waals surface area (Å²) < 4.78 is 5.11. The monoisotopic (exact) mass is 274 g/mol. The molecule has 0 spiro atoms. The van der Waals surface area contributed by atoms with Gasteiger partial charge >= 0.3 is 12.2 Å². The molecule has 3 atom stereocenters. The van der Waals surface area contributed by atoms with Crippen LogP contribution in [-0.4, -0.2) is 46.2 Å². The van der Waals surface area contributed by atoms with Gasteiger partial charge in [0.1, 0.15) is 5.60 Å². The molecule has 0 aromatic heterocycles. The minimum Gasteiger partial charge on any atom is -0.465 e. The molecule has 1 aliphatic carbocycles. The van der Waals surface area contributed by atoms with E-state index in [1.54, 1.807) is 20.8 Å². The Morgan fingerprint density at radius 3 is 2.16 bits per heavy atom. The van der Waals surface area contributed by atoms with Crippen molar-refractivity contribution in [3.05, 3.63) is 0 Å². The van der Waals surface area contributed by atoms with Gasteiger partial charge < -0.3 is 25.6 Å². The largest absolute Gasteiger partial charge is 0.465 e. The fourth-order valence-electron chi connectivity index (χ4n) is 2.11. The van der Waals surface area contributed by atoms with Gasteiger partial charge in [-0.2, -0.15) is 0 Å². The maximum absolute atomic E-state index is 11.6. The Hall–Kier alpha value is -1.50. The molecule has 0 bridgehead atoms. The fraction of sp³-hybridized carbons (Fsp3) is 0.833. The average Bonchev–Trinajstić information content (AvgIpc) is 2.20. The van der Waals surface area contributed by atoms with Crippen LogP contribution in [0, 0.1) is 0 Å². The Morgan fingerprint density at radius 1 is 1.16 bits per heavy atom. The minimum atomic E-state index is -1.18. The molecule has 2 amide bonds. The summed E-state index contributed by atoms with van der Waals surface area (Å²) in [7, 11) is 0. The van der Waals surface area contributed by atoms with Crippen LogP contribution in [0.1, 0.15) is 40.0 Å². The van der Waals surface area contributed by atoms with Gasteiger partial charge in [0.15, 0.2) is 0 Å². The number of rotatable bonds is 2. The predicted octanol–water partition coefficient (Wildman–Crippen LogP) is 1.06. The van der Waals surface area contributed by atoms with Gasteiger partial charge in [-0.05, 0) is 40.0 Å². The van der Waals surface area contributed by atoms with Crippen LogP contribution in [0.3, 0.4) is 0 Å². The van der Waals surface area contributed by atoms with Crippen molar-refractivity contribution in [3.63, 3.8) is 0 Å². The summed E-state index contributed by atoms with van der Waals surface area (Å²) in [6.07, 6.45) is -0.854. The zero-order valence-electron chi connectivity index (χ0n) is 11.5. The van der Waals surface area contributed by atoms with E-state index in [1.165, 1.54) is 0 Å². The molecule has 19 heavy (non-hydrogen) atoms. The predicted molar refractivity (Wildman–Crippen MR) is 68.0 cm³/mol. The van der Waals surface area contributed by atoms with Gasteiger partial charge in [0, 0.05) is 0 Å². The fourth-order valence-corrected chi connectivity index (χ4v) is 2.11. The molecule has 0 aromatic carbocycles. The van der Waals surface area contributed by atoms with Crippen LogP contribution in [0.15, 0.2) is 0 Å². The average molecular weight is 274 g/mol. The second kappa shape index (κ2) is 6.10. The number of carboxylic acid groups (broad SMARTS) is 1. The van der Waals surface area contributed by atoms with E-state index in [-0.39, 0.29) is 0 Å². The van der Waals surface area contributed by atoms with Crippen LogP contribution < -0.4 is 10.6 Å². The second-order valence-corrected chi connectivity index (χ2v) is 5.73. The Bertz CT molecular complexity index is 340. The maximum Gasteiger partial charge on any atom is 0.407 e. The normalized spacial score (nSPS) is 27.5. The quantitative estimate of drug-likeness (QED) is 0.602. The number of aliphatic hydroxyl groups excluding tert-OH is 1. The Morgan fingerprint density at radius 2 is 1.68 bits per heavy atom. The number of aliphatic hydroxyl groups is 1. The molecule has 7 nitrogen and oxygen atoms in total. The zero-order chi connectivity index (χ0) is 14.6. The van der Waals surface area contributed by atoms with E-state index in [4.69, 9.17) is 9.84 Å². The van der Waals surface area contributed by atoms with Crippen molar-refractivity contribution in [2.24, 2.45) is 0 Å². The van der Waals surface area contributed by atoms with Gasteiger partial charge in [-0.25, -0.2) is 9.59 Å². The van der Waals surface area contributed by atoms with E-state index in [2.05, 4.69) is 10.6 Å². The van der Waals surface area contributed by atoms with E-state index < -0.39 is 36.0 Å². The number of carbonyl (C=O) groups excluding carboxylic acids is 1. The summed E-state index contributed by atoms with van der Waals surface area (Å²) >= 11 is 0. The van der Waals surface area contributed by atoms with Gasteiger partial charge in [-0.15, -0.1) is 0 Å². The molecule has 0 radical (unpaired) electrons. The van der Waals surface area contributed by atoms with Crippen molar-refractivity contribution in [2.45, 2.75) is 63.8 Å². The number of amides is 2. The molecule has 7 heteroatoms. The molecule has 110 valence electrons. The minimum absolute atomic E-state index is 0.500. The number of nitrogens with one attached hydrogen (secondary N) is 2. The maximum atomic E-state index is 11.6. The van der Waals surface area contributed by atoms with E-state index in [1.807, 2.05) is 0 Å². The van der Waals surface area contributed by atoms with E-state index in [9.17, 15) is 14.7 Å².